The number of pyridine rings is 1. The molecule has 0 aliphatic carbocycles. The van der Waals surface area contributed by atoms with Gasteiger partial charge >= 0.3 is 0 Å². The fourth-order valence-corrected chi connectivity index (χ4v) is 2.19. The number of piperidine rings is 1. The summed E-state index contributed by atoms with van der Waals surface area (Å²) in [6.45, 7) is 4.18. The molecule has 1 aliphatic rings. The van der Waals surface area contributed by atoms with E-state index < -0.39 is 0 Å². The summed E-state index contributed by atoms with van der Waals surface area (Å²) in [6, 6.07) is 1.55. The molecule has 0 saturated carbocycles. The lowest BCUT2D eigenvalue weighted by Crippen LogP contribution is -2.44. The summed E-state index contributed by atoms with van der Waals surface area (Å²) in [5, 5.41) is 9.63. The largest absolute Gasteiger partial charge is 0.505 e. The second kappa shape index (κ2) is 4.94. The third-order valence-corrected chi connectivity index (χ3v) is 3.78. The molecule has 0 aromatic carbocycles. The maximum absolute atomic E-state index is 12.2. The molecule has 5 heteroatoms. The highest BCUT2D eigenvalue weighted by Gasteiger charge is 2.31. The molecule has 2 heterocycles. The SMILES string of the molecule is CC1(CN)CCN(C(=O)c2ccncc2O)CC1. The highest BCUT2D eigenvalue weighted by Crippen LogP contribution is 2.30. The molecule has 5 nitrogen and oxygen atoms in total. The summed E-state index contributed by atoms with van der Waals surface area (Å²) in [6.07, 6.45) is 4.62. The minimum atomic E-state index is -0.131. The minimum absolute atomic E-state index is 0.0605. The van der Waals surface area contributed by atoms with Gasteiger partial charge in [-0.3, -0.25) is 9.78 Å². The van der Waals surface area contributed by atoms with Gasteiger partial charge in [-0.05, 0) is 30.9 Å². The maximum atomic E-state index is 12.2. The van der Waals surface area contributed by atoms with E-state index in [9.17, 15) is 9.90 Å². The van der Waals surface area contributed by atoms with E-state index in [1.165, 1.54) is 12.4 Å². The summed E-state index contributed by atoms with van der Waals surface area (Å²) in [7, 11) is 0. The van der Waals surface area contributed by atoms with Gasteiger partial charge in [0.1, 0.15) is 5.75 Å². The van der Waals surface area contributed by atoms with E-state index in [4.69, 9.17) is 5.73 Å². The molecular formula is C13H19N3O2. The van der Waals surface area contributed by atoms with Crippen molar-refractivity contribution in [3.05, 3.63) is 24.0 Å². The first-order valence-corrected chi connectivity index (χ1v) is 6.18. The fraction of sp³-hybridized carbons (Fsp3) is 0.538. The van der Waals surface area contributed by atoms with Crippen molar-refractivity contribution in [1.82, 2.24) is 9.88 Å². The normalized spacial score (nSPS) is 18.7. The summed E-state index contributed by atoms with van der Waals surface area (Å²) in [5.74, 6) is -0.191. The Hall–Kier alpha value is -1.62. The average Bonchev–Trinajstić information content (AvgIpc) is 2.39. The molecule has 0 bridgehead atoms. The molecule has 0 atom stereocenters. The number of aromatic hydroxyl groups is 1. The van der Waals surface area contributed by atoms with E-state index in [0.29, 0.717) is 25.2 Å². The second-order valence-corrected chi connectivity index (χ2v) is 5.20. The molecule has 1 fully saturated rings. The lowest BCUT2D eigenvalue weighted by atomic mass is 9.80. The first kappa shape index (κ1) is 12.8. The Morgan fingerprint density at radius 1 is 1.56 bits per heavy atom. The Labute approximate surface area is 107 Å². The molecule has 1 amide bonds. The number of nitrogens with two attached hydrogens (primary N) is 1. The van der Waals surface area contributed by atoms with Gasteiger partial charge in [-0.1, -0.05) is 6.92 Å². The fourth-order valence-electron chi connectivity index (χ4n) is 2.19. The third kappa shape index (κ3) is 2.46. The number of carbonyl (C=O) groups is 1. The van der Waals surface area contributed by atoms with Crippen molar-refractivity contribution in [1.29, 1.82) is 0 Å². The summed E-state index contributed by atoms with van der Waals surface area (Å²) in [5.41, 5.74) is 6.20. The van der Waals surface area contributed by atoms with Crippen LogP contribution in [0, 0.1) is 5.41 Å². The highest BCUT2D eigenvalue weighted by atomic mass is 16.3. The lowest BCUT2D eigenvalue weighted by Gasteiger charge is -2.38. The average molecular weight is 249 g/mol. The van der Waals surface area contributed by atoms with E-state index in [-0.39, 0.29) is 17.1 Å². The molecule has 3 N–H and O–H groups in total. The molecular weight excluding hydrogens is 230 g/mol. The predicted molar refractivity (Wildman–Crippen MR) is 68.2 cm³/mol. The van der Waals surface area contributed by atoms with Gasteiger partial charge in [0.25, 0.3) is 5.91 Å². The Balaban J connectivity index is 2.07. The van der Waals surface area contributed by atoms with Crippen LogP contribution in [0.3, 0.4) is 0 Å². The van der Waals surface area contributed by atoms with E-state index >= 15 is 0 Å². The molecule has 1 saturated heterocycles. The number of nitrogens with zero attached hydrogens (tertiary/aromatic N) is 2. The van der Waals surface area contributed by atoms with Crippen molar-refractivity contribution in [3.63, 3.8) is 0 Å². The van der Waals surface area contributed by atoms with Gasteiger partial charge in [-0.2, -0.15) is 0 Å². The Bertz CT molecular complexity index is 440. The quantitative estimate of drug-likeness (QED) is 0.819. The second-order valence-electron chi connectivity index (χ2n) is 5.20. The summed E-state index contributed by atoms with van der Waals surface area (Å²) < 4.78 is 0. The van der Waals surface area contributed by atoms with Gasteiger partial charge in [0.2, 0.25) is 0 Å². The van der Waals surface area contributed by atoms with Crippen molar-refractivity contribution in [2.45, 2.75) is 19.8 Å². The zero-order valence-corrected chi connectivity index (χ0v) is 10.6. The van der Waals surface area contributed by atoms with Crippen LogP contribution in [0.15, 0.2) is 18.5 Å². The zero-order valence-electron chi connectivity index (χ0n) is 10.6. The number of aromatic nitrogens is 1. The first-order valence-electron chi connectivity index (χ1n) is 6.18. The van der Waals surface area contributed by atoms with Crippen LogP contribution >= 0.6 is 0 Å². The van der Waals surface area contributed by atoms with Crippen LogP contribution in [0.5, 0.6) is 5.75 Å². The number of likely N-dealkylation sites (tertiary alicyclic amines) is 1. The van der Waals surface area contributed by atoms with Crippen LogP contribution < -0.4 is 5.73 Å². The highest BCUT2D eigenvalue weighted by molar-refractivity contribution is 5.96. The molecule has 0 spiro atoms. The van der Waals surface area contributed by atoms with Gasteiger partial charge in [0.05, 0.1) is 11.8 Å². The molecule has 1 aliphatic heterocycles. The zero-order chi connectivity index (χ0) is 13.2. The van der Waals surface area contributed by atoms with E-state index in [0.717, 1.165) is 12.8 Å². The Morgan fingerprint density at radius 2 is 2.22 bits per heavy atom. The number of hydrogen-bond donors (Lipinski definition) is 2. The molecule has 1 aromatic heterocycles. The Morgan fingerprint density at radius 3 is 2.78 bits per heavy atom. The topological polar surface area (TPSA) is 79.5 Å². The van der Waals surface area contributed by atoms with Crippen LogP contribution in [-0.4, -0.2) is 40.5 Å². The van der Waals surface area contributed by atoms with Gasteiger partial charge in [-0.25, -0.2) is 0 Å². The third-order valence-electron chi connectivity index (χ3n) is 3.78. The maximum Gasteiger partial charge on any atom is 0.257 e. The van der Waals surface area contributed by atoms with Gasteiger partial charge in [0, 0.05) is 19.3 Å². The Kier molecular flexibility index (Phi) is 3.52. The first-order chi connectivity index (χ1) is 8.56. The van der Waals surface area contributed by atoms with Crippen LogP contribution in [0.1, 0.15) is 30.1 Å². The van der Waals surface area contributed by atoms with Crippen LogP contribution in [0.4, 0.5) is 0 Å². The van der Waals surface area contributed by atoms with Crippen molar-refractivity contribution >= 4 is 5.91 Å². The van der Waals surface area contributed by atoms with Crippen molar-refractivity contribution in [2.24, 2.45) is 11.1 Å². The summed E-state index contributed by atoms with van der Waals surface area (Å²) >= 11 is 0. The molecule has 18 heavy (non-hydrogen) atoms. The number of hydrogen-bond acceptors (Lipinski definition) is 4. The van der Waals surface area contributed by atoms with Crippen molar-refractivity contribution < 1.29 is 9.90 Å². The van der Waals surface area contributed by atoms with E-state index in [1.54, 1.807) is 11.0 Å². The van der Waals surface area contributed by atoms with Gasteiger partial charge < -0.3 is 15.7 Å². The monoisotopic (exact) mass is 249 g/mol. The van der Waals surface area contributed by atoms with Gasteiger partial charge in [0.15, 0.2) is 0 Å². The van der Waals surface area contributed by atoms with Crippen molar-refractivity contribution in [3.8, 4) is 5.75 Å². The van der Waals surface area contributed by atoms with Crippen LogP contribution in [-0.2, 0) is 0 Å². The standard InChI is InChI=1S/C13H19N3O2/c1-13(9-14)3-6-16(7-4-13)12(18)10-2-5-15-8-11(10)17/h2,5,8,17H,3-4,6-7,9,14H2,1H3. The molecule has 0 radical (unpaired) electrons. The molecule has 0 unspecified atom stereocenters. The predicted octanol–water partition coefficient (Wildman–Crippen LogP) is 0.988. The van der Waals surface area contributed by atoms with E-state index in [2.05, 4.69) is 11.9 Å². The molecule has 2 rings (SSSR count). The number of rotatable bonds is 2. The smallest absolute Gasteiger partial charge is 0.257 e. The van der Waals surface area contributed by atoms with Gasteiger partial charge in [-0.15, -0.1) is 0 Å². The molecule has 98 valence electrons. The van der Waals surface area contributed by atoms with Crippen LogP contribution in [0.2, 0.25) is 0 Å². The minimum Gasteiger partial charge on any atom is -0.505 e. The van der Waals surface area contributed by atoms with Crippen molar-refractivity contribution in [2.75, 3.05) is 19.6 Å². The van der Waals surface area contributed by atoms with Crippen LogP contribution in [0.25, 0.3) is 0 Å². The molecule has 1 aromatic rings. The van der Waals surface area contributed by atoms with E-state index in [1.807, 2.05) is 0 Å². The number of carbonyl (C=O) groups excluding carboxylic acids is 1. The lowest BCUT2D eigenvalue weighted by molar-refractivity contribution is 0.0614. The summed E-state index contributed by atoms with van der Waals surface area (Å²) in [4.78, 5) is 17.8. The number of amides is 1.